The quantitative estimate of drug-likeness (QED) is 0.624. The largest absolute Gasteiger partial charge is 0.497 e. The predicted molar refractivity (Wildman–Crippen MR) is 110 cm³/mol. The van der Waals surface area contributed by atoms with Crippen molar-refractivity contribution in [2.45, 2.75) is 6.42 Å². The van der Waals surface area contributed by atoms with E-state index in [1.807, 2.05) is 42.5 Å². The second-order valence-corrected chi connectivity index (χ2v) is 6.11. The molecule has 0 bridgehead atoms. The van der Waals surface area contributed by atoms with Crippen molar-refractivity contribution in [2.24, 2.45) is 0 Å². The van der Waals surface area contributed by atoms with Crippen LogP contribution in [0.15, 0.2) is 66.9 Å². The second-order valence-electron chi connectivity index (χ2n) is 6.11. The van der Waals surface area contributed by atoms with Crippen LogP contribution >= 0.6 is 0 Å². The molecular weight excluding hydrogens is 354 g/mol. The molecule has 3 aromatic rings. The normalized spacial score (nSPS) is 10.2. The standard InChI is InChI=1S/C22H23N3O3/c1-27-18-8-9-19(20(15-18)28-2)25-21-14-17(11-13-23-21)22(26)24-12-10-16-6-4-3-5-7-16/h3-9,11,13-15H,10,12H2,1-2H3,(H,23,25)(H,24,26). The van der Waals surface area contributed by atoms with Gasteiger partial charge in [0.1, 0.15) is 17.3 Å². The lowest BCUT2D eigenvalue weighted by Crippen LogP contribution is -2.25. The van der Waals surface area contributed by atoms with Crippen LogP contribution in [0.1, 0.15) is 15.9 Å². The third-order valence-corrected chi connectivity index (χ3v) is 4.24. The lowest BCUT2D eigenvalue weighted by Gasteiger charge is -2.12. The van der Waals surface area contributed by atoms with Crippen LogP contribution in [0.5, 0.6) is 11.5 Å². The van der Waals surface area contributed by atoms with Gasteiger partial charge in [0.2, 0.25) is 0 Å². The predicted octanol–water partition coefficient (Wildman–Crippen LogP) is 3.81. The van der Waals surface area contributed by atoms with Crippen molar-refractivity contribution in [3.8, 4) is 11.5 Å². The van der Waals surface area contributed by atoms with Crippen molar-refractivity contribution < 1.29 is 14.3 Å². The number of hydrogen-bond donors (Lipinski definition) is 2. The third kappa shape index (κ3) is 5.01. The fourth-order valence-electron chi connectivity index (χ4n) is 2.75. The SMILES string of the molecule is COc1ccc(Nc2cc(C(=O)NCCc3ccccc3)ccn2)c(OC)c1. The molecule has 0 atom stereocenters. The molecule has 6 heteroatoms. The first-order valence-corrected chi connectivity index (χ1v) is 8.97. The fourth-order valence-corrected chi connectivity index (χ4v) is 2.75. The van der Waals surface area contributed by atoms with Crippen LogP contribution in [0.2, 0.25) is 0 Å². The maximum absolute atomic E-state index is 12.4. The van der Waals surface area contributed by atoms with E-state index in [1.54, 1.807) is 38.6 Å². The highest BCUT2D eigenvalue weighted by molar-refractivity contribution is 5.95. The van der Waals surface area contributed by atoms with E-state index < -0.39 is 0 Å². The van der Waals surface area contributed by atoms with Crippen molar-refractivity contribution in [3.05, 3.63) is 78.0 Å². The molecule has 2 aromatic carbocycles. The van der Waals surface area contributed by atoms with Gasteiger partial charge in [0.15, 0.2) is 0 Å². The highest BCUT2D eigenvalue weighted by Crippen LogP contribution is 2.31. The zero-order chi connectivity index (χ0) is 19.8. The minimum absolute atomic E-state index is 0.136. The topological polar surface area (TPSA) is 72.5 Å². The molecule has 2 N–H and O–H groups in total. The van der Waals surface area contributed by atoms with Crippen LogP contribution in [0.25, 0.3) is 0 Å². The van der Waals surface area contributed by atoms with Crippen LogP contribution in [-0.4, -0.2) is 31.7 Å². The Morgan fingerprint density at radius 1 is 1.00 bits per heavy atom. The molecule has 0 aliphatic carbocycles. The number of ether oxygens (including phenoxy) is 2. The van der Waals surface area contributed by atoms with Gasteiger partial charge < -0.3 is 20.1 Å². The monoisotopic (exact) mass is 377 g/mol. The van der Waals surface area contributed by atoms with E-state index in [-0.39, 0.29) is 5.91 Å². The number of benzene rings is 2. The zero-order valence-electron chi connectivity index (χ0n) is 15.9. The van der Waals surface area contributed by atoms with Gasteiger partial charge in [-0.05, 0) is 36.2 Å². The van der Waals surface area contributed by atoms with E-state index in [0.717, 1.165) is 12.1 Å². The van der Waals surface area contributed by atoms with Gasteiger partial charge in [-0.25, -0.2) is 4.98 Å². The van der Waals surface area contributed by atoms with Gasteiger partial charge in [0.25, 0.3) is 5.91 Å². The number of nitrogens with zero attached hydrogens (tertiary/aromatic N) is 1. The van der Waals surface area contributed by atoms with Crippen molar-refractivity contribution in [2.75, 3.05) is 26.1 Å². The van der Waals surface area contributed by atoms with Gasteiger partial charge in [0, 0.05) is 24.4 Å². The molecule has 1 aromatic heterocycles. The molecule has 0 aliphatic rings. The number of anilines is 2. The van der Waals surface area contributed by atoms with Gasteiger partial charge in [0.05, 0.1) is 19.9 Å². The molecule has 3 rings (SSSR count). The summed E-state index contributed by atoms with van der Waals surface area (Å²) in [5.74, 6) is 1.74. The molecule has 0 aliphatic heterocycles. The molecule has 0 fully saturated rings. The summed E-state index contributed by atoms with van der Waals surface area (Å²) >= 11 is 0. The van der Waals surface area contributed by atoms with Crippen LogP contribution in [0.3, 0.4) is 0 Å². The number of carbonyl (C=O) groups is 1. The van der Waals surface area contributed by atoms with Gasteiger partial charge in [-0.15, -0.1) is 0 Å². The summed E-state index contributed by atoms with van der Waals surface area (Å²) in [7, 11) is 3.19. The average molecular weight is 377 g/mol. The number of carbonyl (C=O) groups excluding carboxylic acids is 1. The van der Waals surface area contributed by atoms with Crippen LogP contribution in [-0.2, 0) is 6.42 Å². The van der Waals surface area contributed by atoms with Crippen LogP contribution in [0.4, 0.5) is 11.5 Å². The van der Waals surface area contributed by atoms with Crippen molar-refractivity contribution >= 4 is 17.4 Å². The van der Waals surface area contributed by atoms with E-state index in [9.17, 15) is 4.79 Å². The molecule has 1 heterocycles. The summed E-state index contributed by atoms with van der Waals surface area (Å²) in [6, 6.07) is 18.9. The number of hydrogen-bond acceptors (Lipinski definition) is 5. The number of nitrogens with one attached hydrogen (secondary N) is 2. The first-order valence-electron chi connectivity index (χ1n) is 8.97. The van der Waals surface area contributed by atoms with Gasteiger partial charge in [-0.1, -0.05) is 30.3 Å². The zero-order valence-corrected chi connectivity index (χ0v) is 15.9. The Hall–Kier alpha value is -3.54. The Kier molecular flexibility index (Phi) is 6.46. The number of amides is 1. The number of pyridine rings is 1. The smallest absolute Gasteiger partial charge is 0.251 e. The maximum atomic E-state index is 12.4. The molecule has 6 nitrogen and oxygen atoms in total. The Bertz CT molecular complexity index is 929. The molecule has 0 spiro atoms. The van der Waals surface area contributed by atoms with Gasteiger partial charge in [-0.2, -0.15) is 0 Å². The first-order chi connectivity index (χ1) is 13.7. The molecule has 0 unspecified atom stereocenters. The average Bonchev–Trinajstić information content (AvgIpc) is 2.75. The molecule has 0 saturated heterocycles. The molecule has 1 amide bonds. The number of methoxy groups -OCH3 is 2. The van der Waals surface area contributed by atoms with Gasteiger partial charge in [-0.3, -0.25) is 4.79 Å². The lowest BCUT2D eigenvalue weighted by atomic mass is 10.1. The maximum Gasteiger partial charge on any atom is 0.251 e. The Morgan fingerprint density at radius 3 is 2.57 bits per heavy atom. The summed E-state index contributed by atoms with van der Waals surface area (Å²) in [6.07, 6.45) is 2.39. The third-order valence-electron chi connectivity index (χ3n) is 4.24. The minimum Gasteiger partial charge on any atom is -0.497 e. The first kappa shape index (κ1) is 19.2. The van der Waals surface area contributed by atoms with E-state index in [0.29, 0.717) is 29.4 Å². The van der Waals surface area contributed by atoms with E-state index in [4.69, 9.17) is 9.47 Å². The van der Waals surface area contributed by atoms with Crippen molar-refractivity contribution in [1.82, 2.24) is 10.3 Å². The van der Waals surface area contributed by atoms with E-state index >= 15 is 0 Å². The summed E-state index contributed by atoms with van der Waals surface area (Å²) in [5.41, 5.74) is 2.46. The van der Waals surface area contributed by atoms with Crippen LogP contribution in [0, 0.1) is 0 Å². The van der Waals surface area contributed by atoms with E-state index in [2.05, 4.69) is 15.6 Å². The fraction of sp³-hybridized carbons (Fsp3) is 0.182. The minimum atomic E-state index is -0.136. The summed E-state index contributed by atoms with van der Waals surface area (Å²) in [5, 5.41) is 6.12. The molecular formula is C22H23N3O3. The van der Waals surface area contributed by atoms with Crippen LogP contribution < -0.4 is 20.1 Å². The molecule has 144 valence electrons. The summed E-state index contributed by atoms with van der Waals surface area (Å²) in [4.78, 5) is 16.7. The lowest BCUT2D eigenvalue weighted by molar-refractivity contribution is 0.0954. The Balaban J connectivity index is 1.64. The highest BCUT2D eigenvalue weighted by Gasteiger charge is 2.09. The molecule has 0 radical (unpaired) electrons. The second kappa shape index (κ2) is 9.41. The number of aromatic nitrogens is 1. The Morgan fingerprint density at radius 2 is 1.82 bits per heavy atom. The van der Waals surface area contributed by atoms with E-state index in [1.165, 1.54) is 5.56 Å². The van der Waals surface area contributed by atoms with Gasteiger partial charge >= 0.3 is 0 Å². The van der Waals surface area contributed by atoms with Crippen molar-refractivity contribution in [3.63, 3.8) is 0 Å². The Labute approximate surface area is 164 Å². The summed E-state index contributed by atoms with van der Waals surface area (Å²) in [6.45, 7) is 0.570. The molecule has 28 heavy (non-hydrogen) atoms. The molecule has 0 saturated carbocycles. The number of rotatable bonds is 8. The van der Waals surface area contributed by atoms with Crippen molar-refractivity contribution in [1.29, 1.82) is 0 Å². The summed E-state index contributed by atoms with van der Waals surface area (Å²) < 4.78 is 10.6. The highest BCUT2D eigenvalue weighted by atomic mass is 16.5.